The summed E-state index contributed by atoms with van der Waals surface area (Å²) in [6.07, 6.45) is -2.12. The summed E-state index contributed by atoms with van der Waals surface area (Å²) >= 11 is 0. The number of nitrogens with one attached hydrogen (secondary N) is 2. The Kier molecular flexibility index (Phi) is 3.90. The van der Waals surface area contributed by atoms with Crippen molar-refractivity contribution in [3.8, 4) is 0 Å². The molecule has 0 bridgehead atoms. The molecule has 0 aromatic carbocycles. The third-order valence-corrected chi connectivity index (χ3v) is 3.28. The van der Waals surface area contributed by atoms with Crippen molar-refractivity contribution >= 4 is 5.91 Å². The van der Waals surface area contributed by atoms with Crippen LogP contribution < -0.4 is 10.6 Å². The van der Waals surface area contributed by atoms with Crippen LogP contribution in [-0.4, -0.2) is 59.2 Å². The van der Waals surface area contributed by atoms with Gasteiger partial charge < -0.3 is 26.0 Å². The lowest BCUT2D eigenvalue weighted by Gasteiger charge is -2.32. The summed E-state index contributed by atoms with van der Waals surface area (Å²) in [6, 6.07) is -1.18. The van der Waals surface area contributed by atoms with Crippen LogP contribution in [0.3, 0.4) is 0 Å². The molecule has 6 nitrogen and oxygen atoms in total. The molecule has 1 saturated heterocycles. The lowest BCUT2D eigenvalue weighted by Crippen LogP contribution is -2.53. The summed E-state index contributed by atoms with van der Waals surface area (Å²) in [5.74, 6) is -0.227. The molecule has 0 aliphatic carbocycles. The normalized spacial score (nSPS) is 35.1. The quantitative estimate of drug-likeness (QED) is 0.380. The van der Waals surface area contributed by atoms with Crippen molar-refractivity contribution in [2.45, 2.75) is 38.1 Å². The van der Waals surface area contributed by atoms with Gasteiger partial charge in [0.15, 0.2) is 0 Å². The second-order valence-electron chi connectivity index (χ2n) is 4.72. The van der Waals surface area contributed by atoms with E-state index in [4.69, 9.17) is 5.11 Å². The Morgan fingerprint density at radius 2 is 1.94 bits per heavy atom. The van der Waals surface area contributed by atoms with Crippen molar-refractivity contribution in [3.63, 3.8) is 0 Å². The van der Waals surface area contributed by atoms with Gasteiger partial charge in [-0.3, -0.25) is 4.79 Å². The predicted molar refractivity (Wildman–Crippen MR) is 57.7 cm³/mol. The van der Waals surface area contributed by atoms with E-state index in [1.165, 1.54) is 7.05 Å². The summed E-state index contributed by atoms with van der Waals surface area (Å²) in [4.78, 5) is 11.7. The van der Waals surface area contributed by atoms with Crippen LogP contribution in [0.25, 0.3) is 0 Å². The van der Waals surface area contributed by atoms with Gasteiger partial charge in [0.05, 0.1) is 30.3 Å². The Labute approximate surface area is 94.7 Å². The first-order valence-corrected chi connectivity index (χ1v) is 5.31. The molecule has 0 saturated carbocycles. The van der Waals surface area contributed by atoms with Crippen molar-refractivity contribution < 1.29 is 20.1 Å². The van der Waals surface area contributed by atoms with E-state index in [0.717, 1.165) is 0 Å². The fraction of sp³-hybridized carbons (Fsp3) is 0.900. The first-order chi connectivity index (χ1) is 7.36. The molecule has 1 heterocycles. The van der Waals surface area contributed by atoms with Gasteiger partial charge in [0.2, 0.25) is 5.91 Å². The predicted octanol–water partition coefficient (Wildman–Crippen LogP) is -2.19. The molecular weight excluding hydrogens is 212 g/mol. The highest BCUT2D eigenvalue weighted by Crippen LogP contribution is 2.30. The molecule has 1 amide bonds. The molecule has 6 heteroatoms. The minimum Gasteiger partial charge on any atom is -0.395 e. The number of hydrogen-bond donors (Lipinski definition) is 5. The van der Waals surface area contributed by atoms with Gasteiger partial charge in [0.25, 0.3) is 0 Å². The number of amides is 1. The fourth-order valence-corrected chi connectivity index (χ4v) is 2.12. The summed E-state index contributed by atoms with van der Waals surface area (Å²) in [5.41, 5.74) is -0.862. The Morgan fingerprint density at radius 1 is 1.38 bits per heavy atom. The van der Waals surface area contributed by atoms with Crippen LogP contribution in [0.4, 0.5) is 0 Å². The van der Waals surface area contributed by atoms with Crippen LogP contribution in [0.1, 0.15) is 13.8 Å². The molecule has 0 unspecified atom stereocenters. The van der Waals surface area contributed by atoms with Crippen LogP contribution in [0.15, 0.2) is 0 Å². The van der Waals surface area contributed by atoms with Gasteiger partial charge in [0.1, 0.15) is 0 Å². The van der Waals surface area contributed by atoms with Crippen LogP contribution in [0.2, 0.25) is 0 Å². The van der Waals surface area contributed by atoms with Gasteiger partial charge in [-0.1, -0.05) is 0 Å². The maximum absolute atomic E-state index is 11.7. The maximum atomic E-state index is 11.7. The minimum atomic E-state index is -1.07. The molecule has 4 atom stereocenters. The van der Waals surface area contributed by atoms with Crippen molar-refractivity contribution in [1.82, 2.24) is 10.6 Å². The van der Waals surface area contributed by atoms with Crippen molar-refractivity contribution in [2.75, 3.05) is 13.7 Å². The number of hydrogen-bond acceptors (Lipinski definition) is 5. The van der Waals surface area contributed by atoms with Gasteiger partial charge in [-0.15, -0.1) is 0 Å². The van der Waals surface area contributed by atoms with Gasteiger partial charge in [-0.25, -0.2) is 0 Å². The minimum absolute atomic E-state index is 0.227. The molecule has 5 N–H and O–H groups in total. The largest absolute Gasteiger partial charge is 0.395 e. The number of carbonyl (C=O) groups excluding carboxylic acids is 1. The van der Waals surface area contributed by atoms with Crippen molar-refractivity contribution in [1.29, 1.82) is 0 Å². The average molecular weight is 232 g/mol. The van der Waals surface area contributed by atoms with Crippen LogP contribution in [0.5, 0.6) is 0 Å². The lowest BCUT2D eigenvalue weighted by molar-refractivity contribution is -0.132. The summed E-state index contributed by atoms with van der Waals surface area (Å²) in [7, 11) is 1.52. The fourth-order valence-electron chi connectivity index (χ4n) is 2.12. The van der Waals surface area contributed by atoms with E-state index < -0.39 is 29.7 Å². The molecule has 1 aliphatic rings. The van der Waals surface area contributed by atoms with Crippen LogP contribution in [0, 0.1) is 5.41 Å². The Morgan fingerprint density at radius 3 is 2.31 bits per heavy atom. The van der Waals surface area contributed by atoms with E-state index in [1.807, 2.05) is 0 Å². The van der Waals surface area contributed by atoms with E-state index >= 15 is 0 Å². The smallest absolute Gasteiger partial charge is 0.227 e. The highest BCUT2D eigenvalue weighted by Gasteiger charge is 2.50. The van der Waals surface area contributed by atoms with E-state index in [0.29, 0.717) is 0 Å². The van der Waals surface area contributed by atoms with Gasteiger partial charge in [-0.2, -0.15) is 0 Å². The highest BCUT2D eigenvalue weighted by atomic mass is 16.3. The third-order valence-electron chi connectivity index (χ3n) is 3.28. The first kappa shape index (κ1) is 13.4. The molecule has 16 heavy (non-hydrogen) atoms. The molecule has 1 rings (SSSR count). The van der Waals surface area contributed by atoms with Gasteiger partial charge >= 0.3 is 0 Å². The molecular formula is C10H20N2O4. The highest BCUT2D eigenvalue weighted by molar-refractivity contribution is 5.82. The van der Waals surface area contributed by atoms with Gasteiger partial charge in [0, 0.05) is 13.1 Å². The lowest BCUT2D eigenvalue weighted by atomic mass is 9.81. The second kappa shape index (κ2) is 4.67. The topological polar surface area (TPSA) is 102 Å². The third kappa shape index (κ3) is 2.06. The van der Waals surface area contributed by atoms with E-state index in [1.54, 1.807) is 13.8 Å². The number of aliphatic hydroxyl groups is 3. The van der Waals surface area contributed by atoms with Crippen LogP contribution in [-0.2, 0) is 4.79 Å². The number of rotatable bonds is 3. The standard InChI is InChI=1S/C10H20N2O4/c1-10(2,9(16)11-3)8-7(15)6(14)5(4-13)12-8/h5-8,12-15H,4H2,1-3H3,(H,11,16)/t5-,6-,7-,8+/m1/s1. The van der Waals surface area contributed by atoms with E-state index in [9.17, 15) is 15.0 Å². The Bertz CT molecular complexity index is 270. The molecule has 0 radical (unpaired) electrons. The molecule has 1 aliphatic heterocycles. The number of aliphatic hydroxyl groups excluding tert-OH is 3. The summed E-state index contributed by atoms with van der Waals surface area (Å²) < 4.78 is 0. The molecule has 0 spiro atoms. The Hall–Kier alpha value is -0.690. The monoisotopic (exact) mass is 232 g/mol. The number of carbonyl (C=O) groups is 1. The van der Waals surface area contributed by atoms with Gasteiger partial charge in [-0.05, 0) is 13.8 Å². The van der Waals surface area contributed by atoms with E-state index in [-0.39, 0.29) is 12.5 Å². The molecule has 1 fully saturated rings. The zero-order chi connectivity index (χ0) is 12.5. The van der Waals surface area contributed by atoms with Crippen molar-refractivity contribution in [2.24, 2.45) is 5.41 Å². The zero-order valence-electron chi connectivity index (χ0n) is 9.77. The summed E-state index contributed by atoms with van der Waals surface area (Å²) in [6.45, 7) is 3.08. The molecule has 0 aromatic heterocycles. The summed E-state index contributed by atoms with van der Waals surface area (Å²) in [5, 5.41) is 33.9. The Balaban J connectivity index is 2.86. The first-order valence-electron chi connectivity index (χ1n) is 5.31. The van der Waals surface area contributed by atoms with E-state index in [2.05, 4.69) is 10.6 Å². The average Bonchev–Trinajstić information content (AvgIpc) is 2.55. The molecule has 0 aromatic rings. The van der Waals surface area contributed by atoms with Crippen molar-refractivity contribution in [3.05, 3.63) is 0 Å². The second-order valence-corrected chi connectivity index (χ2v) is 4.72. The zero-order valence-corrected chi connectivity index (χ0v) is 9.77. The molecule has 94 valence electrons. The maximum Gasteiger partial charge on any atom is 0.227 e. The van der Waals surface area contributed by atoms with Crippen LogP contribution >= 0.6 is 0 Å². The SMILES string of the molecule is CNC(=O)C(C)(C)[C@H]1N[C@H](CO)[C@@H](O)[C@H]1O.